The Kier molecular flexibility index (Phi) is 3.03. The first-order valence-corrected chi connectivity index (χ1v) is 6.56. The Balaban J connectivity index is 2.00. The van der Waals surface area contributed by atoms with Gasteiger partial charge in [-0.2, -0.15) is 0 Å². The molecule has 1 atom stereocenters. The van der Waals surface area contributed by atoms with E-state index in [1.54, 1.807) is 12.4 Å². The fourth-order valence-electron chi connectivity index (χ4n) is 2.24. The molecule has 0 aromatic carbocycles. The molecule has 1 fully saturated rings. The molecule has 0 amide bonds. The number of pyridine rings is 1. The van der Waals surface area contributed by atoms with Gasteiger partial charge in [0.1, 0.15) is 0 Å². The van der Waals surface area contributed by atoms with Gasteiger partial charge in [0.05, 0.1) is 19.3 Å². The number of rotatable bonds is 2. The van der Waals surface area contributed by atoms with Crippen molar-refractivity contribution in [2.75, 3.05) is 18.5 Å². The molecule has 19 heavy (non-hydrogen) atoms. The third-order valence-electron chi connectivity index (χ3n) is 3.55. The minimum Gasteiger partial charge on any atom is -0.379 e. The number of fused-ring (bicyclic) bond motifs is 1. The fourth-order valence-corrected chi connectivity index (χ4v) is 2.43. The summed E-state index contributed by atoms with van der Waals surface area (Å²) in [4.78, 5) is 4.07. The number of nitrogens with zero attached hydrogens (tertiary/aromatic N) is 3. The van der Waals surface area contributed by atoms with Gasteiger partial charge in [-0.3, -0.25) is 4.98 Å². The third kappa shape index (κ3) is 2.24. The molecule has 2 aromatic heterocycles. The van der Waals surface area contributed by atoms with Gasteiger partial charge in [-0.15, -0.1) is 10.2 Å². The molecule has 5 nitrogen and oxygen atoms in total. The Morgan fingerprint density at radius 1 is 1.37 bits per heavy atom. The molecule has 1 saturated heterocycles. The van der Waals surface area contributed by atoms with E-state index in [0.29, 0.717) is 11.8 Å². The van der Waals surface area contributed by atoms with Gasteiger partial charge in [-0.25, -0.2) is 0 Å². The second-order valence-electron chi connectivity index (χ2n) is 5.46. The van der Waals surface area contributed by atoms with E-state index in [2.05, 4.69) is 34.3 Å². The number of aromatic nitrogens is 3. The van der Waals surface area contributed by atoms with Gasteiger partial charge >= 0.3 is 0 Å². The van der Waals surface area contributed by atoms with Crippen LogP contribution in [-0.2, 0) is 4.74 Å². The van der Waals surface area contributed by atoms with Crippen molar-refractivity contribution in [2.24, 2.45) is 5.41 Å². The number of halogens is 1. The zero-order valence-corrected chi connectivity index (χ0v) is 11.6. The van der Waals surface area contributed by atoms with E-state index in [0.717, 1.165) is 23.2 Å². The monoisotopic (exact) mass is 278 g/mol. The van der Waals surface area contributed by atoms with Crippen molar-refractivity contribution in [1.82, 2.24) is 15.2 Å². The maximum Gasteiger partial charge on any atom is 0.161 e. The Labute approximate surface area is 116 Å². The molecule has 1 aliphatic rings. The van der Waals surface area contributed by atoms with E-state index in [4.69, 9.17) is 16.3 Å². The standard InChI is InChI=1S/C13H15ClN4O/c1-13(2)7-19-6-10(13)16-12-8-3-4-15-5-9(8)11(14)17-18-12/h3-5,10H,6-7H2,1-2H3,(H,16,18). The molecule has 3 rings (SSSR count). The van der Waals surface area contributed by atoms with Crippen LogP contribution in [0.5, 0.6) is 0 Å². The number of anilines is 1. The first kappa shape index (κ1) is 12.6. The quantitative estimate of drug-likeness (QED) is 0.915. The van der Waals surface area contributed by atoms with E-state index < -0.39 is 0 Å². The molecule has 0 spiro atoms. The molecule has 100 valence electrons. The third-order valence-corrected chi connectivity index (χ3v) is 3.83. The number of ether oxygens (including phenoxy) is 1. The molecule has 1 aliphatic heterocycles. The van der Waals surface area contributed by atoms with Crippen LogP contribution in [0.1, 0.15) is 13.8 Å². The Morgan fingerprint density at radius 3 is 2.95 bits per heavy atom. The molecule has 1 N–H and O–H groups in total. The summed E-state index contributed by atoms with van der Waals surface area (Å²) in [6, 6.07) is 2.10. The molecular formula is C13H15ClN4O. The summed E-state index contributed by atoms with van der Waals surface area (Å²) in [5.41, 5.74) is 0.0701. The van der Waals surface area contributed by atoms with Gasteiger partial charge in [-0.05, 0) is 6.07 Å². The second-order valence-corrected chi connectivity index (χ2v) is 5.82. The minimum atomic E-state index is 0.0701. The zero-order chi connectivity index (χ0) is 13.5. The molecule has 3 heterocycles. The van der Waals surface area contributed by atoms with E-state index in [9.17, 15) is 0 Å². The molecule has 1 unspecified atom stereocenters. The summed E-state index contributed by atoms with van der Waals surface area (Å²) in [6.07, 6.45) is 3.43. The smallest absolute Gasteiger partial charge is 0.161 e. The van der Waals surface area contributed by atoms with Gasteiger partial charge in [-0.1, -0.05) is 25.4 Å². The van der Waals surface area contributed by atoms with Crippen molar-refractivity contribution < 1.29 is 4.74 Å². The minimum absolute atomic E-state index is 0.0701. The van der Waals surface area contributed by atoms with Crippen LogP contribution in [0.3, 0.4) is 0 Å². The lowest BCUT2D eigenvalue weighted by molar-refractivity contribution is 0.167. The predicted molar refractivity (Wildman–Crippen MR) is 74.4 cm³/mol. The lowest BCUT2D eigenvalue weighted by Crippen LogP contribution is -2.35. The van der Waals surface area contributed by atoms with Gasteiger partial charge < -0.3 is 10.1 Å². The lowest BCUT2D eigenvalue weighted by atomic mass is 9.88. The Morgan fingerprint density at radius 2 is 2.21 bits per heavy atom. The van der Waals surface area contributed by atoms with Crippen LogP contribution in [0.25, 0.3) is 10.8 Å². The average Bonchev–Trinajstić information content (AvgIpc) is 2.72. The lowest BCUT2D eigenvalue weighted by Gasteiger charge is -2.26. The topological polar surface area (TPSA) is 59.9 Å². The predicted octanol–water partition coefficient (Wildman–Crippen LogP) is 2.52. The van der Waals surface area contributed by atoms with Crippen molar-refractivity contribution >= 4 is 28.2 Å². The van der Waals surface area contributed by atoms with E-state index >= 15 is 0 Å². The normalized spacial score (nSPS) is 21.7. The van der Waals surface area contributed by atoms with Crippen molar-refractivity contribution in [3.63, 3.8) is 0 Å². The summed E-state index contributed by atoms with van der Waals surface area (Å²) in [6.45, 7) is 5.75. The highest BCUT2D eigenvalue weighted by Gasteiger charge is 2.36. The average molecular weight is 279 g/mol. The van der Waals surface area contributed by atoms with Crippen LogP contribution in [0.15, 0.2) is 18.5 Å². The van der Waals surface area contributed by atoms with E-state index in [-0.39, 0.29) is 11.5 Å². The van der Waals surface area contributed by atoms with Crippen LogP contribution >= 0.6 is 11.6 Å². The maximum atomic E-state index is 6.04. The van der Waals surface area contributed by atoms with Crippen molar-refractivity contribution in [3.05, 3.63) is 23.6 Å². The van der Waals surface area contributed by atoms with Gasteiger partial charge in [0.15, 0.2) is 11.0 Å². The number of hydrogen-bond donors (Lipinski definition) is 1. The van der Waals surface area contributed by atoms with Crippen molar-refractivity contribution in [1.29, 1.82) is 0 Å². The summed E-state index contributed by atoms with van der Waals surface area (Å²) < 4.78 is 5.53. The van der Waals surface area contributed by atoms with Crippen molar-refractivity contribution in [2.45, 2.75) is 19.9 Å². The highest BCUT2D eigenvalue weighted by atomic mass is 35.5. The largest absolute Gasteiger partial charge is 0.379 e. The first-order chi connectivity index (χ1) is 9.08. The summed E-state index contributed by atoms with van der Waals surface area (Å²) in [5, 5.41) is 13.6. The van der Waals surface area contributed by atoms with Gasteiger partial charge in [0.25, 0.3) is 0 Å². The van der Waals surface area contributed by atoms with E-state index in [1.807, 2.05) is 6.07 Å². The first-order valence-electron chi connectivity index (χ1n) is 6.18. The van der Waals surface area contributed by atoms with Gasteiger partial charge in [0.2, 0.25) is 0 Å². The Bertz CT molecular complexity index is 617. The molecular weight excluding hydrogens is 264 g/mol. The van der Waals surface area contributed by atoms with Crippen LogP contribution in [0.2, 0.25) is 5.15 Å². The van der Waals surface area contributed by atoms with Crippen LogP contribution < -0.4 is 5.32 Å². The molecule has 0 radical (unpaired) electrons. The van der Waals surface area contributed by atoms with Crippen molar-refractivity contribution in [3.8, 4) is 0 Å². The highest BCUT2D eigenvalue weighted by molar-refractivity contribution is 6.34. The summed E-state index contributed by atoms with van der Waals surface area (Å²) in [5.74, 6) is 0.727. The summed E-state index contributed by atoms with van der Waals surface area (Å²) >= 11 is 6.04. The molecule has 0 saturated carbocycles. The maximum absolute atomic E-state index is 6.04. The molecule has 6 heteroatoms. The zero-order valence-electron chi connectivity index (χ0n) is 10.9. The molecule has 0 bridgehead atoms. The molecule has 2 aromatic rings. The number of nitrogens with one attached hydrogen (secondary N) is 1. The molecule has 0 aliphatic carbocycles. The van der Waals surface area contributed by atoms with Gasteiger partial charge in [0, 0.05) is 28.6 Å². The second kappa shape index (κ2) is 4.58. The van der Waals surface area contributed by atoms with E-state index in [1.165, 1.54) is 0 Å². The highest BCUT2D eigenvalue weighted by Crippen LogP contribution is 2.32. The fraction of sp³-hybridized carbons (Fsp3) is 0.462. The SMILES string of the molecule is CC1(C)COCC1Nc1nnc(Cl)c2cnccc12. The number of hydrogen-bond acceptors (Lipinski definition) is 5. The van der Waals surface area contributed by atoms with Crippen LogP contribution in [0, 0.1) is 5.41 Å². The van der Waals surface area contributed by atoms with Crippen LogP contribution in [-0.4, -0.2) is 34.4 Å². The summed E-state index contributed by atoms with van der Waals surface area (Å²) in [7, 11) is 0. The Hall–Kier alpha value is -1.46. The van der Waals surface area contributed by atoms with Crippen LogP contribution in [0.4, 0.5) is 5.82 Å².